The molecule has 1 fully saturated rings. The largest absolute Gasteiger partial charge is 0.386 e. The molecular formula is C17H21NO2S2. The average Bonchev–Trinajstić information content (AvgIpc) is 2.98. The van der Waals surface area contributed by atoms with Gasteiger partial charge in [0, 0.05) is 22.5 Å². The van der Waals surface area contributed by atoms with Crippen LogP contribution in [0.5, 0.6) is 0 Å². The molecule has 1 aliphatic heterocycles. The van der Waals surface area contributed by atoms with Gasteiger partial charge in [0.1, 0.15) is 6.10 Å². The number of aliphatic hydroxyl groups is 1. The van der Waals surface area contributed by atoms with Crippen molar-refractivity contribution in [3.63, 3.8) is 0 Å². The van der Waals surface area contributed by atoms with Crippen LogP contribution in [0.15, 0.2) is 30.3 Å². The molecule has 1 saturated heterocycles. The Morgan fingerprint density at radius 3 is 2.86 bits per heavy atom. The normalized spacial score (nSPS) is 17.5. The first-order valence-corrected chi connectivity index (χ1v) is 9.70. The molecule has 1 aliphatic rings. The molecule has 3 nitrogen and oxygen atoms in total. The second-order valence-corrected chi connectivity index (χ2v) is 8.11. The lowest BCUT2D eigenvalue weighted by Gasteiger charge is -2.21. The third kappa shape index (κ3) is 4.03. The van der Waals surface area contributed by atoms with Crippen LogP contribution < -0.4 is 5.32 Å². The van der Waals surface area contributed by atoms with Crippen LogP contribution in [0.25, 0.3) is 10.1 Å². The quantitative estimate of drug-likeness (QED) is 0.878. The third-order valence-electron chi connectivity index (χ3n) is 4.08. The summed E-state index contributed by atoms with van der Waals surface area (Å²) in [5, 5.41) is 14.3. The molecule has 1 atom stereocenters. The average molecular weight is 335 g/mol. The van der Waals surface area contributed by atoms with E-state index in [2.05, 4.69) is 11.4 Å². The number of carbonyl (C=O) groups is 1. The Bertz CT molecular complexity index is 601. The Kier molecular flexibility index (Phi) is 5.39. The van der Waals surface area contributed by atoms with Gasteiger partial charge in [-0.05, 0) is 47.8 Å². The van der Waals surface area contributed by atoms with E-state index in [0.29, 0.717) is 18.9 Å². The minimum atomic E-state index is -0.622. The Morgan fingerprint density at radius 1 is 1.32 bits per heavy atom. The molecule has 0 radical (unpaired) electrons. The van der Waals surface area contributed by atoms with Gasteiger partial charge in [0.15, 0.2) is 0 Å². The monoisotopic (exact) mass is 335 g/mol. The summed E-state index contributed by atoms with van der Waals surface area (Å²) in [5.74, 6) is 2.92. The van der Waals surface area contributed by atoms with Crippen molar-refractivity contribution < 1.29 is 9.90 Å². The second kappa shape index (κ2) is 7.49. The van der Waals surface area contributed by atoms with E-state index in [1.807, 2.05) is 36.0 Å². The number of rotatable bonds is 5. The van der Waals surface area contributed by atoms with Crippen molar-refractivity contribution in [1.29, 1.82) is 0 Å². The van der Waals surface area contributed by atoms with Crippen molar-refractivity contribution in [2.75, 3.05) is 18.1 Å². The SMILES string of the molecule is O=C(CC1CCSCC1)NCC(O)c1cc2ccccc2s1. The van der Waals surface area contributed by atoms with Crippen LogP contribution in [-0.4, -0.2) is 29.1 Å². The zero-order chi connectivity index (χ0) is 15.4. The van der Waals surface area contributed by atoms with Gasteiger partial charge in [-0.1, -0.05) is 18.2 Å². The lowest BCUT2D eigenvalue weighted by molar-refractivity contribution is -0.122. The number of aliphatic hydroxyl groups excluding tert-OH is 1. The maximum Gasteiger partial charge on any atom is 0.220 e. The molecule has 22 heavy (non-hydrogen) atoms. The summed E-state index contributed by atoms with van der Waals surface area (Å²) < 4.78 is 1.17. The van der Waals surface area contributed by atoms with E-state index in [-0.39, 0.29) is 5.91 Å². The summed E-state index contributed by atoms with van der Waals surface area (Å²) in [4.78, 5) is 12.9. The summed E-state index contributed by atoms with van der Waals surface area (Å²) in [6.07, 6.45) is 2.25. The van der Waals surface area contributed by atoms with Crippen LogP contribution in [0.2, 0.25) is 0 Å². The number of hydrogen-bond acceptors (Lipinski definition) is 4. The van der Waals surface area contributed by atoms with Gasteiger partial charge in [0.25, 0.3) is 0 Å². The van der Waals surface area contributed by atoms with E-state index in [4.69, 9.17) is 0 Å². The number of thiophene rings is 1. The van der Waals surface area contributed by atoms with Crippen LogP contribution >= 0.6 is 23.1 Å². The molecule has 5 heteroatoms. The van der Waals surface area contributed by atoms with E-state index >= 15 is 0 Å². The molecule has 0 aliphatic carbocycles. The zero-order valence-corrected chi connectivity index (χ0v) is 14.1. The van der Waals surface area contributed by atoms with Crippen molar-refractivity contribution in [3.05, 3.63) is 35.2 Å². The number of benzene rings is 1. The highest BCUT2D eigenvalue weighted by atomic mass is 32.2. The predicted molar refractivity (Wildman–Crippen MR) is 94.5 cm³/mol. The first kappa shape index (κ1) is 15.8. The van der Waals surface area contributed by atoms with Gasteiger partial charge in [0.2, 0.25) is 5.91 Å². The van der Waals surface area contributed by atoms with Crippen molar-refractivity contribution in [1.82, 2.24) is 5.32 Å². The fraction of sp³-hybridized carbons (Fsp3) is 0.471. The smallest absolute Gasteiger partial charge is 0.220 e. The highest BCUT2D eigenvalue weighted by Crippen LogP contribution is 2.29. The maximum absolute atomic E-state index is 12.0. The summed E-state index contributed by atoms with van der Waals surface area (Å²) in [7, 11) is 0. The molecule has 1 amide bonds. The maximum atomic E-state index is 12.0. The van der Waals surface area contributed by atoms with Crippen molar-refractivity contribution in [2.24, 2.45) is 5.92 Å². The zero-order valence-electron chi connectivity index (χ0n) is 12.5. The topological polar surface area (TPSA) is 49.3 Å². The molecule has 1 unspecified atom stereocenters. The van der Waals surface area contributed by atoms with Crippen LogP contribution in [0.1, 0.15) is 30.2 Å². The summed E-state index contributed by atoms with van der Waals surface area (Å²) in [5.41, 5.74) is 0. The van der Waals surface area contributed by atoms with Gasteiger partial charge in [0.05, 0.1) is 0 Å². The molecule has 1 aromatic heterocycles. The van der Waals surface area contributed by atoms with Crippen molar-refractivity contribution >= 4 is 39.1 Å². The van der Waals surface area contributed by atoms with Gasteiger partial charge in [-0.25, -0.2) is 0 Å². The fourth-order valence-corrected chi connectivity index (χ4v) is 5.02. The number of nitrogens with one attached hydrogen (secondary N) is 1. The lowest BCUT2D eigenvalue weighted by atomic mass is 9.98. The first-order valence-electron chi connectivity index (χ1n) is 7.73. The highest BCUT2D eigenvalue weighted by Gasteiger charge is 2.18. The standard InChI is InChI=1S/C17H21NO2S2/c19-14(16-10-13-3-1-2-4-15(13)22-16)11-18-17(20)9-12-5-7-21-8-6-12/h1-4,10,12,14,19H,5-9,11H2,(H,18,20). The van der Waals surface area contributed by atoms with E-state index in [1.165, 1.54) is 16.2 Å². The Morgan fingerprint density at radius 2 is 2.09 bits per heavy atom. The molecule has 0 spiro atoms. The predicted octanol–water partition coefficient (Wildman–Crippen LogP) is 3.58. The summed E-state index contributed by atoms with van der Waals surface area (Å²) in [6.45, 7) is 0.299. The number of hydrogen-bond donors (Lipinski definition) is 2. The fourth-order valence-electron chi connectivity index (χ4n) is 2.76. The summed E-state index contributed by atoms with van der Waals surface area (Å²) in [6, 6.07) is 10.1. The second-order valence-electron chi connectivity index (χ2n) is 5.77. The molecule has 2 heterocycles. The minimum absolute atomic E-state index is 0.0667. The lowest BCUT2D eigenvalue weighted by Crippen LogP contribution is -2.30. The molecule has 2 aromatic rings. The first-order chi connectivity index (χ1) is 10.7. The summed E-state index contributed by atoms with van der Waals surface area (Å²) >= 11 is 3.56. The van der Waals surface area contributed by atoms with Crippen LogP contribution in [0, 0.1) is 5.92 Å². The Labute approximate surface area is 139 Å². The molecule has 1 aromatic carbocycles. The molecular weight excluding hydrogens is 314 g/mol. The Balaban J connectivity index is 1.50. The number of fused-ring (bicyclic) bond motifs is 1. The van der Waals surface area contributed by atoms with Crippen LogP contribution in [-0.2, 0) is 4.79 Å². The molecule has 2 N–H and O–H groups in total. The van der Waals surface area contributed by atoms with Crippen LogP contribution in [0.4, 0.5) is 0 Å². The highest BCUT2D eigenvalue weighted by molar-refractivity contribution is 7.99. The van der Waals surface area contributed by atoms with Crippen molar-refractivity contribution in [2.45, 2.75) is 25.4 Å². The number of carbonyl (C=O) groups excluding carboxylic acids is 1. The van der Waals surface area contributed by atoms with E-state index in [1.54, 1.807) is 11.3 Å². The van der Waals surface area contributed by atoms with Gasteiger partial charge in [-0.2, -0.15) is 11.8 Å². The minimum Gasteiger partial charge on any atom is -0.386 e. The molecule has 0 saturated carbocycles. The molecule has 3 rings (SSSR count). The van der Waals surface area contributed by atoms with Crippen molar-refractivity contribution in [3.8, 4) is 0 Å². The van der Waals surface area contributed by atoms with E-state index in [0.717, 1.165) is 23.1 Å². The number of amides is 1. The van der Waals surface area contributed by atoms with E-state index < -0.39 is 6.10 Å². The van der Waals surface area contributed by atoms with Gasteiger partial charge in [-0.3, -0.25) is 4.79 Å². The van der Waals surface area contributed by atoms with Gasteiger partial charge < -0.3 is 10.4 Å². The molecule has 0 bridgehead atoms. The van der Waals surface area contributed by atoms with Crippen LogP contribution in [0.3, 0.4) is 0 Å². The number of thioether (sulfide) groups is 1. The van der Waals surface area contributed by atoms with Gasteiger partial charge >= 0.3 is 0 Å². The third-order valence-corrected chi connectivity index (χ3v) is 6.35. The Hall–Kier alpha value is -1.04. The van der Waals surface area contributed by atoms with E-state index in [9.17, 15) is 9.90 Å². The molecule has 118 valence electrons. The van der Waals surface area contributed by atoms with Gasteiger partial charge in [-0.15, -0.1) is 11.3 Å².